The highest BCUT2D eigenvalue weighted by molar-refractivity contribution is 6.89. The SMILES string of the molecule is C[Si](C)(C)c1ccc2cc(-c3c4ccccc4c(-c4ccc5cc([Si](C)(C)C)ccc5c4)c4cc5c(cc34)c(-c3ccccc3)cc3ccccc35)ccc2c1. The first-order valence-corrected chi connectivity index (χ1v) is 27.0. The van der Waals surface area contributed by atoms with Gasteiger partial charge in [0.1, 0.15) is 0 Å². The highest BCUT2D eigenvalue weighted by Crippen LogP contribution is 2.48. The van der Waals surface area contributed by atoms with Gasteiger partial charge in [0.2, 0.25) is 0 Å². The van der Waals surface area contributed by atoms with Crippen LogP contribution in [0.5, 0.6) is 0 Å². The average Bonchev–Trinajstić information content (AvgIpc) is 3.20. The topological polar surface area (TPSA) is 0 Å². The van der Waals surface area contributed by atoms with E-state index in [-0.39, 0.29) is 0 Å². The van der Waals surface area contributed by atoms with Crippen LogP contribution in [0.15, 0.2) is 170 Å². The van der Waals surface area contributed by atoms with E-state index in [1.165, 1.54) is 108 Å². The Labute approximate surface area is 332 Å². The molecular formula is C54H46Si2. The second-order valence-electron chi connectivity index (χ2n) is 17.8. The standard InChI is InChI=1S/C54H46Si2/c1-55(2,3)43-26-24-36-28-41(22-20-38(36)30-43)53-46-18-12-13-19-47(46)54(42-23-21-39-31-44(56(4,5)6)27-25-37(39)29-42)52-34-50-48(35-14-8-7-9-15-35)32-40-16-10-11-17-45(40)49(50)33-51(52)53/h7-34H,1-6H3. The maximum Gasteiger partial charge on any atom is 0.0776 e. The Morgan fingerprint density at radius 3 is 1.25 bits per heavy atom. The molecule has 0 amide bonds. The van der Waals surface area contributed by atoms with E-state index < -0.39 is 16.1 Å². The van der Waals surface area contributed by atoms with E-state index in [1.54, 1.807) is 0 Å². The summed E-state index contributed by atoms with van der Waals surface area (Å²) in [6.45, 7) is 14.6. The van der Waals surface area contributed by atoms with Crippen LogP contribution in [0, 0.1) is 0 Å². The Kier molecular flexibility index (Phi) is 7.97. The van der Waals surface area contributed by atoms with Crippen molar-refractivity contribution in [1.29, 1.82) is 0 Å². The van der Waals surface area contributed by atoms with Gasteiger partial charge in [-0.1, -0.05) is 189 Å². The molecule has 0 fully saturated rings. The van der Waals surface area contributed by atoms with Gasteiger partial charge in [0.05, 0.1) is 16.1 Å². The fourth-order valence-corrected chi connectivity index (χ4v) is 11.3. The van der Waals surface area contributed by atoms with Crippen LogP contribution in [0.25, 0.3) is 98.0 Å². The van der Waals surface area contributed by atoms with Crippen LogP contribution in [0.4, 0.5) is 0 Å². The number of hydrogen-bond acceptors (Lipinski definition) is 0. The van der Waals surface area contributed by atoms with Crippen molar-refractivity contribution in [1.82, 2.24) is 0 Å². The van der Waals surface area contributed by atoms with Crippen LogP contribution in [-0.2, 0) is 0 Å². The van der Waals surface area contributed by atoms with Gasteiger partial charge < -0.3 is 0 Å². The molecule has 56 heavy (non-hydrogen) atoms. The highest BCUT2D eigenvalue weighted by atomic mass is 28.3. The predicted molar refractivity (Wildman–Crippen MR) is 254 cm³/mol. The molecule has 0 atom stereocenters. The van der Waals surface area contributed by atoms with Gasteiger partial charge in [-0.3, -0.25) is 0 Å². The minimum atomic E-state index is -1.45. The van der Waals surface area contributed by atoms with Gasteiger partial charge in [0.25, 0.3) is 0 Å². The van der Waals surface area contributed by atoms with Gasteiger partial charge in [-0.25, -0.2) is 0 Å². The van der Waals surface area contributed by atoms with Gasteiger partial charge in [-0.05, 0) is 128 Å². The average molecular weight is 751 g/mol. The molecule has 0 spiro atoms. The van der Waals surface area contributed by atoms with E-state index in [9.17, 15) is 0 Å². The molecular weight excluding hydrogens is 705 g/mol. The fraction of sp³-hybridized carbons (Fsp3) is 0.111. The van der Waals surface area contributed by atoms with Crippen molar-refractivity contribution in [2.75, 3.05) is 0 Å². The van der Waals surface area contributed by atoms with Crippen LogP contribution in [0.3, 0.4) is 0 Å². The van der Waals surface area contributed by atoms with E-state index in [0.717, 1.165) is 0 Å². The quantitative estimate of drug-likeness (QED) is 0.0933. The minimum absolute atomic E-state index is 1.24. The number of fused-ring (bicyclic) bond motifs is 7. The summed E-state index contributed by atoms with van der Waals surface area (Å²) in [5.74, 6) is 0. The zero-order chi connectivity index (χ0) is 38.3. The summed E-state index contributed by atoms with van der Waals surface area (Å²) in [4.78, 5) is 0. The third-order valence-corrected chi connectivity index (χ3v) is 16.2. The van der Waals surface area contributed by atoms with Crippen LogP contribution in [-0.4, -0.2) is 16.1 Å². The van der Waals surface area contributed by atoms with Gasteiger partial charge >= 0.3 is 0 Å². The summed E-state index contributed by atoms with van der Waals surface area (Å²) in [6.07, 6.45) is 0. The molecule has 0 saturated carbocycles. The van der Waals surface area contributed by atoms with E-state index in [4.69, 9.17) is 0 Å². The van der Waals surface area contributed by atoms with E-state index in [0.29, 0.717) is 0 Å². The van der Waals surface area contributed by atoms with E-state index >= 15 is 0 Å². The molecule has 0 aliphatic heterocycles. The van der Waals surface area contributed by atoms with Crippen molar-refractivity contribution in [2.45, 2.75) is 39.3 Å². The van der Waals surface area contributed by atoms with Crippen LogP contribution in [0.2, 0.25) is 39.3 Å². The molecule has 2 heteroatoms. The smallest absolute Gasteiger partial charge is 0.0656 e. The Morgan fingerprint density at radius 2 is 0.714 bits per heavy atom. The third-order valence-electron chi connectivity index (χ3n) is 12.1. The Balaban J connectivity index is 1.35. The second kappa shape index (κ2) is 12.9. The maximum absolute atomic E-state index is 2.52. The van der Waals surface area contributed by atoms with Crippen LogP contribution in [0.1, 0.15) is 0 Å². The monoisotopic (exact) mass is 750 g/mol. The van der Waals surface area contributed by atoms with Crippen LogP contribution >= 0.6 is 0 Å². The van der Waals surface area contributed by atoms with Crippen molar-refractivity contribution in [3.8, 4) is 33.4 Å². The van der Waals surface area contributed by atoms with Crippen molar-refractivity contribution in [3.05, 3.63) is 170 Å². The van der Waals surface area contributed by atoms with E-state index in [1.807, 2.05) is 0 Å². The predicted octanol–water partition coefficient (Wildman–Crippen LogP) is 14.7. The first-order chi connectivity index (χ1) is 27.0. The van der Waals surface area contributed by atoms with Gasteiger partial charge in [0, 0.05) is 0 Å². The van der Waals surface area contributed by atoms with Gasteiger partial charge in [-0.2, -0.15) is 0 Å². The molecule has 0 aliphatic rings. The number of rotatable bonds is 5. The molecule has 10 aromatic carbocycles. The first kappa shape index (κ1) is 34.7. The third kappa shape index (κ3) is 5.79. The molecule has 0 aromatic heterocycles. The van der Waals surface area contributed by atoms with Gasteiger partial charge in [0.15, 0.2) is 0 Å². The summed E-state index contributed by atoms with van der Waals surface area (Å²) in [6, 6.07) is 65.0. The number of hydrogen-bond donors (Lipinski definition) is 0. The molecule has 0 nitrogen and oxygen atoms in total. The highest BCUT2D eigenvalue weighted by Gasteiger charge is 2.22. The Bertz CT molecular complexity index is 3200. The Hall–Kier alpha value is -5.81. The largest absolute Gasteiger partial charge is 0.0776 e. The molecule has 0 heterocycles. The van der Waals surface area contributed by atoms with Crippen LogP contribution < -0.4 is 10.4 Å². The lowest BCUT2D eigenvalue weighted by atomic mass is 9.82. The van der Waals surface area contributed by atoms with Crippen molar-refractivity contribution >= 4 is 91.2 Å². The van der Waals surface area contributed by atoms with E-state index in [2.05, 4.69) is 209 Å². The van der Waals surface area contributed by atoms with Gasteiger partial charge in [-0.15, -0.1) is 0 Å². The lowest BCUT2D eigenvalue weighted by Gasteiger charge is -2.21. The fourth-order valence-electron chi connectivity index (χ4n) is 8.98. The second-order valence-corrected chi connectivity index (χ2v) is 28.0. The summed E-state index contributed by atoms with van der Waals surface area (Å²) < 4.78 is 0. The molecule has 0 radical (unpaired) electrons. The summed E-state index contributed by atoms with van der Waals surface area (Å²) in [5, 5.41) is 18.4. The summed E-state index contributed by atoms with van der Waals surface area (Å²) >= 11 is 0. The first-order valence-electron chi connectivity index (χ1n) is 20.0. The molecule has 10 rings (SSSR count). The lowest BCUT2D eigenvalue weighted by molar-refractivity contribution is 1.66. The summed E-state index contributed by atoms with van der Waals surface area (Å²) in [7, 11) is -2.89. The molecule has 270 valence electrons. The molecule has 0 aliphatic carbocycles. The molecule has 10 aromatic rings. The van der Waals surface area contributed by atoms with Crippen molar-refractivity contribution < 1.29 is 0 Å². The zero-order valence-corrected chi connectivity index (χ0v) is 35.2. The molecule has 0 N–H and O–H groups in total. The minimum Gasteiger partial charge on any atom is -0.0656 e. The maximum atomic E-state index is 2.52. The van der Waals surface area contributed by atoms with Crippen molar-refractivity contribution in [2.24, 2.45) is 0 Å². The lowest BCUT2D eigenvalue weighted by Crippen LogP contribution is -2.37. The number of benzene rings is 10. The molecule has 0 unspecified atom stereocenters. The summed E-state index contributed by atoms with van der Waals surface area (Å²) in [5.41, 5.74) is 7.61. The molecule has 0 bridgehead atoms. The zero-order valence-electron chi connectivity index (χ0n) is 33.2. The molecule has 0 saturated heterocycles. The van der Waals surface area contributed by atoms with Crippen molar-refractivity contribution in [3.63, 3.8) is 0 Å². The normalized spacial score (nSPS) is 12.5. The Morgan fingerprint density at radius 1 is 0.268 bits per heavy atom.